The van der Waals surface area contributed by atoms with E-state index in [1.54, 1.807) is 7.05 Å². The molecule has 2 heterocycles. The van der Waals surface area contributed by atoms with Crippen molar-refractivity contribution in [1.29, 1.82) is 0 Å². The number of carbonyl (C=O) groups excluding carboxylic acids is 1. The first kappa shape index (κ1) is 15.3. The van der Waals surface area contributed by atoms with Gasteiger partial charge in [-0.3, -0.25) is 4.79 Å². The number of thioether (sulfide) groups is 1. The number of hydrogen-bond donors (Lipinski definition) is 1. The highest BCUT2D eigenvalue weighted by molar-refractivity contribution is 7.99. The molecule has 2 rings (SSSR count). The van der Waals surface area contributed by atoms with Crippen molar-refractivity contribution in [3.63, 3.8) is 0 Å². The normalized spacial score (nSPS) is 21.0. The van der Waals surface area contributed by atoms with E-state index in [-0.39, 0.29) is 23.3 Å². The number of hydrogen-bond acceptors (Lipinski definition) is 6. The van der Waals surface area contributed by atoms with Gasteiger partial charge in [0, 0.05) is 20.5 Å². The molecule has 1 fully saturated rings. The maximum Gasteiger partial charge on any atom is 0.230 e. The lowest BCUT2D eigenvalue weighted by atomic mass is 10.1. The van der Waals surface area contributed by atoms with E-state index < -0.39 is 9.84 Å². The van der Waals surface area contributed by atoms with E-state index in [2.05, 4.69) is 15.5 Å². The summed E-state index contributed by atoms with van der Waals surface area (Å²) in [6.07, 6.45) is 1.30. The average Bonchev–Trinajstić information content (AvgIpc) is 2.91. The second-order valence-corrected chi connectivity index (χ2v) is 8.06. The molecule has 1 N–H and O–H groups in total. The molecule has 0 bridgehead atoms. The molecule has 20 heavy (non-hydrogen) atoms. The largest absolute Gasteiger partial charge is 0.358 e. The van der Waals surface area contributed by atoms with Gasteiger partial charge in [-0.15, -0.1) is 10.2 Å². The fraction of sp³-hybridized carbons (Fsp3) is 0.727. The molecule has 1 aliphatic rings. The van der Waals surface area contributed by atoms with E-state index >= 15 is 0 Å². The van der Waals surface area contributed by atoms with Gasteiger partial charge in [0.2, 0.25) is 5.91 Å². The van der Waals surface area contributed by atoms with E-state index in [1.165, 1.54) is 11.8 Å². The minimum Gasteiger partial charge on any atom is -0.358 e. The van der Waals surface area contributed by atoms with Gasteiger partial charge in [0.05, 0.1) is 17.3 Å². The molecule has 1 amide bonds. The molecule has 0 aromatic carbocycles. The quantitative estimate of drug-likeness (QED) is 0.745. The highest BCUT2D eigenvalue weighted by Crippen LogP contribution is 2.23. The summed E-state index contributed by atoms with van der Waals surface area (Å²) in [4.78, 5) is 11.2. The van der Waals surface area contributed by atoms with Gasteiger partial charge in [-0.05, 0) is 12.3 Å². The van der Waals surface area contributed by atoms with Crippen LogP contribution in [0.3, 0.4) is 0 Å². The molecule has 0 saturated carbocycles. The van der Waals surface area contributed by atoms with Crippen LogP contribution in [0.1, 0.15) is 12.2 Å². The Labute approximate surface area is 122 Å². The summed E-state index contributed by atoms with van der Waals surface area (Å²) >= 11 is 1.32. The van der Waals surface area contributed by atoms with E-state index in [0.717, 1.165) is 5.82 Å². The Morgan fingerprint density at radius 1 is 1.50 bits per heavy atom. The maximum atomic E-state index is 11.4. The lowest BCUT2D eigenvalue weighted by Gasteiger charge is -2.07. The Kier molecular flexibility index (Phi) is 4.69. The second-order valence-electron chi connectivity index (χ2n) is 4.89. The number of aromatic nitrogens is 3. The third kappa shape index (κ3) is 3.72. The van der Waals surface area contributed by atoms with Crippen molar-refractivity contribution >= 4 is 27.5 Å². The van der Waals surface area contributed by atoms with Gasteiger partial charge in [0.15, 0.2) is 15.0 Å². The summed E-state index contributed by atoms with van der Waals surface area (Å²) in [6.45, 7) is 0. The fourth-order valence-electron chi connectivity index (χ4n) is 2.14. The summed E-state index contributed by atoms with van der Waals surface area (Å²) in [7, 11) is 0.565. The molecular formula is C11H18N4O3S2. The molecule has 1 aliphatic heterocycles. The minimum absolute atomic E-state index is 0.0681. The Hall–Kier alpha value is -1.09. The summed E-state index contributed by atoms with van der Waals surface area (Å²) in [5.41, 5.74) is 0. The third-order valence-corrected chi connectivity index (χ3v) is 6.19. The highest BCUT2D eigenvalue weighted by Gasteiger charge is 2.29. The molecule has 0 aliphatic carbocycles. The molecule has 1 atom stereocenters. The van der Waals surface area contributed by atoms with Gasteiger partial charge in [0.25, 0.3) is 0 Å². The van der Waals surface area contributed by atoms with Crippen LogP contribution in [0.25, 0.3) is 0 Å². The molecule has 112 valence electrons. The lowest BCUT2D eigenvalue weighted by molar-refractivity contribution is -0.118. The molecule has 7 nitrogen and oxygen atoms in total. The fourth-order valence-corrected chi connectivity index (χ4v) is 4.81. The van der Waals surface area contributed by atoms with Crippen LogP contribution in [0.2, 0.25) is 0 Å². The zero-order valence-electron chi connectivity index (χ0n) is 11.5. The van der Waals surface area contributed by atoms with E-state index in [0.29, 0.717) is 23.8 Å². The lowest BCUT2D eigenvalue weighted by Crippen LogP contribution is -2.20. The summed E-state index contributed by atoms with van der Waals surface area (Å²) in [5.74, 6) is 1.63. The number of nitrogens with zero attached hydrogens (tertiary/aromatic N) is 3. The molecule has 1 aromatic heterocycles. The van der Waals surface area contributed by atoms with Crippen molar-refractivity contribution in [2.75, 3.05) is 24.3 Å². The molecule has 1 saturated heterocycles. The zero-order valence-corrected chi connectivity index (χ0v) is 13.1. The first-order chi connectivity index (χ1) is 9.41. The number of nitrogens with one attached hydrogen (secondary N) is 1. The minimum atomic E-state index is -2.86. The van der Waals surface area contributed by atoms with Crippen molar-refractivity contribution < 1.29 is 13.2 Å². The Bertz CT molecular complexity index is 597. The number of rotatable bonds is 5. The van der Waals surface area contributed by atoms with Crippen LogP contribution in [-0.2, 0) is 28.1 Å². The molecule has 9 heteroatoms. The zero-order chi connectivity index (χ0) is 14.8. The van der Waals surface area contributed by atoms with Crippen LogP contribution in [0.5, 0.6) is 0 Å². The monoisotopic (exact) mass is 318 g/mol. The molecule has 0 radical (unpaired) electrons. The van der Waals surface area contributed by atoms with Crippen LogP contribution in [0, 0.1) is 5.92 Å². The van der Waals surface area contributed by atoms with Crippen molar-refractivity contribution in [2.45, 2.75) is 18.0 Å². The summed E-state index contributed by atoms with van der Waals surface area (Å²) in [5, 5.41) is 11.4. The van der Waals surface area contributed by atoms with Gasteiger partial charge in [-0.25, -0.2) is 8.42 Å². The average molecular weight is 318 g/mol. The first-order valence-corrected chi connectivity index (χ1v) is 9.14. The third-order valence-electron chi connectivity index (χ3n) is 3.33. The van der Waals surface area contributed by atoms with Crippen LogP contribution >= 0.6 is 11.8 Å². The molecule has 1 aromatic rings. The van der Waals surface area contributed by atoms with Crippen molar-refractivity contribution in [3.8, 4) is 0 Å². The Morgan fingerprint density at radius 3 is 2.85 bits per heavy atom. The van der Waals surface area contributed by atoms with Crippen molar-refractivity contribution in [1.82, 2.24) is 20.1 Å². The van der Waals surface area contributed by atoms with Crippen molar-refractivity contribution in [2.24, 2.45) is 13.0 Å². The van der Waals surface area contributed by atoms with Crippen LogP contribution in [-0.4, -0.2) is 53.4 Å². The molecule has 0 spiro atoms. The van der Waals surface area contributed by atoms with Crippen LogP contribution in [0.4, 0.5) is 0 Å². The van der Waals surface area contributed by atoms with Gasteiger partial charge in [-0.1, -0.05) is 11.8 Å². The standard InChI is InChI=1S/C11H18N4O3S2/c1-12-10(16)6-19-11-14-13-9(15(11)2)5-8-3-4-20(17,18)7-8/h8H,3-7H2,1-2H3,(H,12,16)/t8-/m0/s1. The molecular weight excluding hydrogens is 300 g/mol. The summed E-state index contributed by atoms with van der Waals surface area (Å²) in [6, 6.07) is 0. The highest BCUT2D eigenvalue weighted by atomic mass is 32.2. The van der Waals surface area contributed by atoms with Crippen LogP contribution in [0.15, 0.2) is 5.16 Å². The van der Waals surface area contributed by atoms with Gasteiger partial charge in [-0.2, -0.15) is 0 Å². The maximum absolute atomic E-state index is 11.4. The number of sulfone groups is 1. The smallest absolute Gasteiger partial charge is 0.230 e. The summed E-state index contributed by atoms with van der Waals surface area (Å²) < 4.78 is 24.7. The van der Waals surface area contributed by atoms with E-state index in [4.69, 9.17) is 0 Å². The van der Waals surface area contributed by atoms with Gasteiger partial charge in [0.1, 0.15) is 5.82 Å². The number of carbonyl (C=O) groups is 1. The predicted octanol–water partition coefficient (Wildman–Crippen LogP) is -0.370. The van der Waals surface area contributed by atoms with Crippen molar-refractivity contribution in [3.05, 3.63) is 5.82 Å². The Balaban J connectivity index is 1.97. The topological polar surface area (TPSA) is 94.0 Å². The second kappa shape index (κ2) is 6.13. The Morgan fingerprint density at radius 2 is 2.25 bits per heavy atom. The first-order valence-electron chi connectivity index (χ1n) is 6.33. The van der Waals surface area contributed by atoms with Gasteiger partial charge < -0.3 is 9.88 Å². The SMILES string of the molecule is CNC(=O)CSc1nnc(C[C@@H]2CCS(=O)(=O)C2)n1C. The van der Waals surface area contributed by atoms with Gasteiger partial charge >= 0.3 is 0 Å². The predicted molar refractivity (Wildman–Crippen MR) is 76.3 cm³/mol. The van der Waals surface area contributed by atoms with E-state index in [9.17, 15) is 13.2 Å². The van der Waals surface area contributed by atoms with Crippen LogP contribution < -0.4 is 5.32 Å². The molecule has 0 unspecified atom stereocenters. The number of amides is 1. The van der Waals surface area contributed by atoms with E-state index in [1.807, 2.05) is 11.6 Å².